The van der Waals surface area contributed by atoms with Crippen LogP contribution in [0.4, 0.5) is 5.82 Å². The number of thiocarbonyl (C=S) groups is 1. The second-order valence-electron chi connectivity index (χ2n) is 10.2. The minimum atomic E-state index is -0.239. The van der Waals surface area contributed by atoms with Crippen molar-refractivity contribution < 1.29 is 4.79 Å². The number of carbonyl (C=O) groups is 1. The molecule has 196 valence electrons. The number of amides is 1. The summed E-state index contributed by atoms with van der Waals surface area (Å²) >= 11 is 6.97. The van der Waals surface area contributed by atoms with Crippen molar-refractivity contribution in [1.82, 2.24) is 9.47 Å². The number of unbranched alkanes of at least 4 members (excludes halogenated alkanes) is 1. The summed E-state index contributed by atoms with van der Waals surface area (Å²) in [6.45, 7) is 13.4. The molecule has 1 aromatic heterocycles. The van der Waals surface area contributed by atoms with Crippen LogP contribution in [0.5, 0.6) is 0 Å². The molecular formula is C28H40N4O2S2. The van der Waals surface area contributed by atoms with Crippen LogP contribution in [0, 0.1) is 30.1 Å². The van der Waals surface area contributed by atoms with Crippen molar-refractivity contribution in [3.63, 3.8) is 0 Å². The predicted molar refractivity (Wildman–Crippen MR) is 154 cm³/mol. The SMILES string of the molecule is CCCCC(CC)CN1C(=O)C(=Cc2c(C)c(C#N)c(=O)n(CCC)c2N2CCC(C)CC2)SC1=S. The van der Waals surface area contributed by atoms with Gasteiger partial charge in [-0.3, -0.25) is 19.1 Å². The van der Waals surface area contributed by atoms with E-state index in [4.69, 9.17) is 12.2 Å². The first-order valence-corrected chi connectivity index (χ1v) is 14.7. The molecule has 0 saturated carbocycles. The Morgan fingerprint density at radius 1 is 1.19 bits per heavy atom. The molecule has 1 atom stereocenters. The lowest BCUT2D eigenvalue weighted by molar-refractivity contribution is -0.122. The van der Waals surface area contributed by atoms with Gasteiger partial charge in [0.25, 0.3) is 11.5 Å². The van der Waals surface area contributed by atoms with Crippen LogP contribution in [0.25, 0.3) is 6.08 Å². The van der Waals surface area contributed by atoms with Gasteiger partial charge < -0.3 is 4.90 Å². The van der Waals surface area contributed by atoms with E-state index in [0.717, 1.165) is 69.4 Å². The Bertz CT molecular complexity index is 1110. The van der Waals surface area contributed by atoms with E-state index in [-0.39, 0.29) is 17.0 Å². The van der Waals surface area contributed by atoms with Crippen molar-refractivity contribution in [2.75, 3.05) is 24.5 Å². The van der Waals surface area contributed by atoms with E-state index in [1.807, 2.05) is 19.9 Å². The summed E-state index contributed by atoms with van der Waals surface area (Å²) in [4.78, 5) is 31.4. The maximum absolute atomic E-state index is 13.5. The van der Waals surface area contributed by atoms with E-state index in [9.17, 15) is 14.9 Å². The molecule has 2 saturated heterocycles. The molecule has 3 rings (SSSR count). The van der Waals surface area contributed by atoms with Crippen molar-refractivity contribution in [1.29, 1.82) is 5.26 Å². The van der Waals surface area contributed by atoms with Crippen LogP contribution in [0.1, 0.15) is 89.3 Å². The van der Waals surface area contributed by atoms with Crippen LogP contribution in [0.3, 0.4) is 0 Å². The molecule has 0 aliphatic carbocycles. The van der Waals surface area contributed by atoms with Gasteiger partial charge in [0.05, 0.1) is 4.91 Å². The number of piperidine rings is 1. The standard InChI is InChI=1S/C28H40N4O2S2/c1-6-9-10-21(8-3)18-32-27(34)24(36-28(32)35)16-22-20(5)23(17-29)26(33)31(13-7-2)25(22)30-14-11-19(4)12-15-30/h16,19,21H,6-15,18H2,1-5H3. The fourth-order valence-electron chi connectivity index (χ4n) is 5.10. The van der Waals surface area contributed by atoms with Crippen molar-refractivity contribution in [2.24, 2.45) is 11.8 Å². The van der Waals surface area contributed by atoms with Gasteiger partial charge in [-0.2, -0.15) is 5.26 Å². The Morgan fingerprint density at radius 2 is 1.89 bits per heavy atom. The number of thioether (sulfide) groups is 1. The normalized spacial score (nSPS) is 18.8. The minimum Gasteiger partial charge on any atom is -0.357 e. The average molecular weight is 529 g/mol. The third-order valence-electron chi connectivity index (χ3n) is 7.51. The first-order valence-electron chi connectivity index (χ1n) is 13.4. The van der Waals surface area contributed by atoms with Crippen molar-refractivity contribution in [3.05, 3.63) is 31.9 Å². The zero-order valence-electron chi connectivity index (χ0n) is 22.4. The summed E-state index contributed by atoms with van der Waals surface area (Å²) in [5.41, 5.74) is 1.36. The van der Waals surface area contributed by atoms with Crippen LogP contribution >= 0.6 is 24.0 Å². The third kappa shape index (κ3) is 6.06. The Morgan fingerprint density at radius 3 is 2.47 bits per heavy atom. The molecule has 2 aliphatic heterocycles. The van der Waals surface area contributed by atoms with E-state index in [1.54, 1.807) is 9.47 Å². The average Bonchev–Trinajstić information content (AvgIpc) is 3.12. The van der Waals surface area contributed by atoms with E-state index in [1.165, 1.54) is 11.8 Å². The van der Waals surface area contributed by atoms with Crippen LogP contribution in [0.15, 0.2) is 9.70 Å². The van der Waals surface area contributed by atoms with Gasteiger partial charge in [0.1, 0.15) is 21.8 Å². The second kappa shape index (κ2) is 12.9. The number of carbonyl (C=O) groups excluding carboxylic acids is 1. The van der Waals surface area contributed by atoms with Crippen molar-refractivity contribution >= 4 is 46.1 Å². The lowest BCUT2D eigenvalue weighted by Crippen LogP contribution is -2.39. The smallest absolute Gasteiger partial charge is 0.270 e. The topological polar surface area (TPSA) is 69.3 Å². The number of anilines is 1. The summed E-state index contributed by atoms with van der Waals surface area (Å²) < 4.78 is 2.35. The summed E-state index contributed by atoms with van der Waals surface area (Å²) in [6.07, 6.45) is 9.17. The maximum atomic E-state index is 13.5. The first-order chi connectivity index (χ1) is 17.3. The number of nitrogens with zero attached hydrogens (tertiary/aromatic N) is 4. The monoisotopic (exact) mass is 528 g/mol. The molecule has 6 nitrogen and oxygen atoms in total. The Balaban J connectivity index is 2.08. The first kappa shape index (κ1) is 28.5. The van der Waals surface area contributed by atoms with Crippen LogP contribution in [0.2, 0.25) is 0 Å². The molecule has 0 radical (unpaired) electrons. The highest BCUT2D eigenvalue weighted by molar-refractivity contribution is 8.26. The molecule has 3 heterocycles. The molecular weight excluding hydrogens is 488 g/mol. The predicted octanol–water partition coefficient (Wildman–Crippen LogP) is 6.09. The Kier molecular flexibility index (Phi) is 10.2. The highest BCUT2D eigenvalue weighted by Gasteiger charge is 2.34. The fraction of sp³-hybridized carbons (Fsp3) is 0.643. The molecule has 1 unspecified atom stereocenters. The third-order valence-corrected chi connectivity index (χ3v) is 8.89. The lowest BCUT2D eigenvalue weighted by Gasteiger charge is -2.35. The van der Waals surface area contributed by atoms with Crippen LogP contribution in [-0.2, 0) is 11.3 Å². The van der Waals surface area contributed by atoms with Gasteiger partial charge in [0.15, 0.2) is 0 Å². The quantitative estimate of drug-likeness (QED) is 0.270. The molecule has 0 spiro atoms. The molecule has 0 N–H and O–H groups in total. The Labute approximate surface area is 225 Å². The van der Waals surface area contributed by atoms with Crippen LogP contribution in [-0.4, -0.2) is 39.3 Å². The molecule has 1 amide bonds. The largest absolute Gasteiger partial charge is 0.357 e. The van der Waals surface area contributed by atoms with Gasteiger partial charge in [-0.1, -0.05) is 70.9 Å². The fourth-order valence-corrected chi connectivity index (χ4v) is 6.36. The molecule has 36 heavy (non-hydrogen) atoms. The molecule has 8 heteroatoms. The Hall–Kier alpha value is -2.11. The summed E-state index contributed by atoms with van der Waals surface area (Å²) in [7, 11) is 0. The van der Waals surface area contributed by atoms with Gasteiger partial charge in [-0.15, -0.1) is 0 Å². The van der Waals surface area contributed by atoms with Gasteiger partial charge in [0, 0.05) is 31.7 Å². The van der Waals surface area contributed by atoms with E-state index < -0.39 is 0 Å². The van der Waals surface area contributed by atoms with E-state index >= 15 is 0 Å². The van der Waals surface area contributed by atoms with Crippen LogP contribution < -0.4 is 10.5 Å². The zero-order chi connectivity index (χ0) is 26.4. The van der Waals surface area contributed by atoms with E-state index in [0.29, 0.717) is 39.7 Å². The number of hydrogen-bond donors (Lipinski definition) is 0. The second-order valence-corrected chi connectivity index (χ2v) is 11.9. The lowest BCUT2D eigenvalue weighted by atomic mass is 9.97. The van der Waals surface area contributed by atoms with Gasteiger partial charge in [-0.05, 0) is 56.1 Å². The maximum Gasteiger partial charge on any atom is 0.270 e. The number of pyridine rings is 1. The number of rotatable bonds is 10. The van der Waals surface area contributed by atoms with Crippen molar-refractivity contribution in [2.45, 2.75) is 86.1 Å². The summed E-state index contributed by atoms with van der Waals surface area (Å²) in [6, 6.07) is 2.14. The van der Waals surface area contributed by atoms with E-state index in [2.05, 4.69) is 31.7 Å². The summed E-state index contributed by atoms with van der Waals surface area (Å²) in [5.74, 6) is 1.84. The zero-order valence-corrected chi connectivity index (χ0v) is 24.1. The van der Waals surface area contributed by atoms with Gasteiger partial charge >= 0.3 is 0 Å². The van der Waals surface area contributed by atoms with Crippen molar-refractivity contribution in [3.8, 4) is 6.07 Å². The highest BCUT2D eigenvalue weighted by Crippen LogP contribution is 2.37. The molecule has 0 bridgehead atoms. The highest BCUT2D eigenvalue weighted by atomic mass is 32.2. The molecule has 2 fully saturated rings. The molecule has 0 aromatic carbocycles. The van der Waals surface area contributed by atoms with Gasteiger partial charge in [0.2, 0.25) is 0 Å². The number of aromatic nitrogens is 1. The number of nitriles is 1. The number of hydrogen-bond acceptors (Lipinski definition) is 6. The summed E-state index contributed by atoms with van der Waals surface area (Å²) in [5, 5.41) is 9.85. The van der Waals surface area contributed by atoms with Gasteiger partial charge in [-0.25, -0.2) is 0 Å². The minimum absolute atomic E-state index is 0.0654. The molecule has 1 aromatic rings. The molecule has 2 aliphatic rings.